The number of carbonyl (C=O) groups excluding carboxylic acids is 2. The zero-order valence-corrected chi connectivity index (χ0v) is 23.0. The number of hydrogen-bond donors (Lipinski definition) is 0. The van der Waals surface area contributed by atoms with Crippen LogP contribution < -0.4 is 9.47 Å². The zero-order valence-electron chi connectivity index (χ0n) is 23.0. The van der Waals surface area contributed by atoms with Crippen LogP contribution in [0.25, 0.3) is 0 Å². The quantitative estimate of drug-likeness (QED) is 0.102. The number of ether oxygens (including phenoxy) is 3. The Morgan fingerprint density at radius 2 is 0.919 bits per heavy atom. The van der Waals surface area contributed by atoms with Gasteiger partial charge >= 0.3 is 11.9 Å². The van der Waals surface area contributed by atoms with Crippen molar-refractivity contribution < 1.29 is 23.8 Å². The summed E-state index contributed by atoms with van der Waals surface area (Å²) in [6.45, 7) is 5.89. The van der Waals surface area contributed by atoms with Gasteiger partial charge in [-0.3, -0.25) is 9.59 Å². The van der Waals surface area contributed by atoms with Crippen molar-refractivity contribution in [1.29, 1.82) is 0 Å². The lowest BCUT2D eigenvalue weighted by atomic mass is 10.1. The summed E-state index contributed by atoms with van der Waals surface area (Å²) in [5.41, 5.74) is 2.03. The first-order valence-electron chi connectivity index (χ1n) is 14.3. The predicted molar refractivity (Wildman–Crippen MR) is 149 cm³/mol. The van der Waals surface area contributed by atoms with Crippen molar-refractivity contribution in [3.8, 4) is 11.5 Å². The smallest absolute Gasteiger partial charge is 0.313 e. The van der Waals surface area contributed by atoms with Crippen LogP contribution in [0, 0.1) is 0 Å². The minimum atomic E-state index is -0.486. The molecule has 2 aromatic carbocycles. The molecule has 204 valence electrons. The minimum absolute atomic E-state index is 0.174. The highest BCUT2D eigenvalue weighted by Gasteiger charge is 2.11. The molecule has 0 spiro atoms. The van der Waals surface area contributed by atoms with Crippen LogP contribution in [0.15, 0.2) is 48.5 Å². The van der Waals surface area contributed by atoms with E-state index in [9.17, 15) is 9.59 Å². The fourth-order valence-corrected chi connectivity index (χ4v) is 4.02. The van der Waals surface area contributed by atoms with Gasteiger partial charge in [-0.05, 0) is 61.1 Å². The molecule has 0 atom stereocenters. The summed E-state index contributed by atoms with van der Waals surface area (Å²) in [7, 11) is 0. The number of carbonyl (C=O) groups is 2. The van der Waals surface area contributed by atoms with Crippen LogP contribution in [0.2, 0.25) is 0 Å². The first kappa shape index (κ1) is 30.4. The van der Waals surface area contributed by atoms with E-state index in [1.807, 2.05) is 48.5 Å². The highest BCUT2D eigenvalue weighted by atomic mass is 16.6. The van der Waals surface area contributed by atoms with Crippen LogP contribution in [-0.2, 0) is 27.2 Å². The molecule has 5 heteroatoms. The molecule has 0 saturated heterocycles. The topological polar surface area (TPSA) is 61.8 Å². The Balaban J connectivity index is 1.57. The third-order valence-corrected chi connectivity index (χ3v) is 6.34. The summed E-state index contributed by atoms with van der Waals surface area (Å²) < 4.78 is 16.6. The number of unbranched alkanes of at least 4 members (excludes halogenated alkanes) is 8. The summed E-state index contributed by atoms with van der Waals surface area (Å²) in [4.78, 5) is 24.2. The van der Waals surface area contributed by atoms with Gasteiger partial charge in [0.1, 0.15) is 11.5 Å². The maximum atomic E-state index is 12.1. The molecule has 0 heterocycles. The van der Waals surface area contributed by atoms with Crippen molar-refractivity contribution in [2.75, 3.05) is 13.2 Å². The predicted octanol–water partition coefficient (Wildman–Crippen LogP) is 8.02. The second kappa shape index (κ2) is 19.3. The largest absolute Gasteiger partial charge is 0.494 e. The summed E-state index contributed by atoms with van der Waals surface area (Å²) in [6, 6.07) is 15.6. The second-order valence-corrected chi connectivity index (χ2v) is 9.66. The molecule has 2 rings (SSSR count). The average molecular weight is 511 g/mol. The number of rotatable bonds is 20. The maximum Gasteiger partial charge on any atom is 0.313 e. The van der Waals surface area contributed by atoms with E-state index >= 15 is 0 Å². The molecule has 5 nitrogen and oxygen atoms in total. The van der Waals surface area contributed by atoms with E-state index in [0.717, 1.165) is 48.7 Å². The molecule has 0 amide bonds. The third kappa shape index (κ3) is 14.5. The number of esters is 2. The highest BCUT2D eigenvalue weighted by Crippen LogP contribution is 2.16. The molecular formula is C32H46O5. The van der Waals surface area contributed by atoms with Gasteiger partial charge in [0, 0.05) is 0 Å². The first-order chi connectivity index (χ1) is 18.1. The molecule has 0 aliphatic rings. The Labute approximate surface area is 223 Å². The molecule has 0 aliphatic carbocycles. The van der Waals surface area contributed by atoms with E-state index < -0.39 is 11.9 Å². The van der Waals surface area contributed by atoms with Crippen molar-refractivity contribution in [2.24, 2.45) is 0 Å². The van der Waals surface area contributed by atoms with E-state index in [4.69, 9.17) is 14.2 Å². The van der Waals surface area contributed by atoms with E-state index in [2.05, 4.69) is 13.8 Å². The Morgan fingerprint density at radius 3 is 1.30 bits per heavy atom. The molecule has 2 aromatic rings. The highest BCUT2D eigenvalue weighted by molar-refractivity contribution is 5.85. The third-order valence-electron chi connectivity index (χ3n) is 6.34. The summed E-state index contributed by atoms with van der Waals surface area (Å²) in [5.74, 6) is 0.721. The summed E-state index contributed by atoms with van der Waals surface area (Å²) in [5, 5.41) is 0. The average Bonchev–Trinajstić information content (AvgIpc) is 2.91. The van der Waals surface area contributed by atoms with Crippen molar-refractivity contribution >= 4 is 11.9 Å². The number of aryl methyl sites for hydroxylation is 2. The van der Waals surface area contributed by atoms with Gasteiger partial charge in [0.05, 0.1) is 26.1 Å². The molecular weight excluding hydrogens is 464 g/mol. The Morgan fingerprint density at radius 1 is 0.541 bits per heavy atom. The lowest BCUT2D eigenvalue weighted by Gasteiger charge is -2.08. The van der Waals surface area contributed by atoms with E-state index in [1.54, 1.807) is 0 Å². The molecule has 0 aromatic heterocycles. The van der Waals surface area contributed by atoms with Crippen LogP contribution in [0.3, 0.4) is 0 Å². The van der Waals surface area contributed by atoms with Crippen molar-refractivity contribution in [3.63, 3.8) is 0 Å². The number of hydrogen-bond acceptors (Lipinski definition) is 5. The SMILES string of the molecule is CCCCCCCOc1ccc(CCC(=O)OC(=O)CCc2ccc(OCCCCCCC)cc2)cc1. The summed E-state index contributed by atoms with van der Waals surface area (Å²) in [6.07, 6.45) is 13.5. The van der Waals surface area contributed by atoms with E-state index in [-0.39, 0.29) is 12.8 Å². The minimum Gasteiger partial charge on any atom is -0.494 e. The molecule has 0 unspecified atom stereocenters. The standard InChI is InChI=1S/C32H46O5/c1-3-5-7-9-11-25-35-29-19-13-27(14-20-29)17-23-31(33)37-32(34)24-18-28-15-21-30(22-16-28)36-26-12-10-8-6-4-2/h13-16,19-22H,3-12,17-18,23-26H2,1-2H3. The van der Waals surface area contributed by atoms with Crippen molar-refractivity contribution in [3.05, 3.63) is 59.7 Å². The van der Waals surface area contributed by atoms with Gasteiger partial charge in [-0.25, -0.2) is 0 Å². The van der Waals surface area contributed by atoms with Gasteiger partial charge in [0.2, 0.25) is 0 Å². The van der Waals surface area contributed by atoms with E-state index in [0.29, 0.717) is 12.8 Å². The Bertz CT molecular complexity index is 800. The molecule has 0 saturated carbocycles. The molecule has 0 N–H and O–H groups in total. The lowest BCUT2D eigenvalue weighted by molar-refractivity contribution is -0.159. The molecule has 37 heavy (non-hydrogen) atoms. The monoisotopic (exact) mass is 510 g/mol. The Kier molecular flexibility index (Phi) is 15.9. The van der Waals surface area contributed by atoms with Crippen molar-refractivity contribution in [1.82, 2.24) is 0 Å². The lowest BCUT2D eigenvalue weighted by Crippen LogP contribution is -2.13. The van der Waals surface area contributed by atoms with Crippen molar-refractivity contribution in [2.45, 2.75) is 104 Å². The Hall–Kier alpha value is -2.82. The van der Waals surface area contributed by atoms with Gasteiger partial charge in [-0.15, -0.1) is 0 Å². The number of benzene rings is 2. The maximum absolute atomic E-state index is 12.1. The zero-order chi connectivity index (χ0) is 26.6. The summed E-state index contributed by atoms with van der Waals surface area (Å²) >= 11 is 0. The fraction of sp³-hybridized carbons (Fsp3) is 0.562. The van der Waals surface area contributed by atoms with Crippen LogP contribution in [0.5, 0.6) is 11.5 Å². The molecule has 0 fully saturated rings. The normalized spacial score (nSPS) is 10.8. The van der Waals surface area contributed by atoms with Gasteiger partial charge < -0.3 is 14.2 Å². The fourth-order valence-electron chi connectivity index (χ4n) is 4.02. The van der Waals surface area contributed by atoms with Crippen LogP contribution in [0.1, 0.15) is 102 Å². The van der Waals surface area contributed by atoms with Crippen LogP contribution in [0.4, 0.5) is 0 Å². The van der Waals surface area contributed by atoms with Crippen LogP contribution in [-0.4, -0.2) is 25.2 Å². The van der Waals surface area contributed by atoms with Crippen LogP contribution >= 0.6 is 0 Å². The molecule has 0 radical (unpaired) electrons. The first-order valence-corrected chi connectivity index (χ1v) is 14.3. The molecule has 0 bridgehead atoms. The van der Waals surface area contributed by atoms with Gasteiger partial charge in [0.25, 0.3) is 0 Å². The van der Waals surface area contributed by atoms with Gasteiger partial charge in [-0.1, -0.05) is 89.5 Å². The van der Waals surface area contributed by atoms with E-state index in [1.165, 1.54) is 51.4 Å². The van der Waals surface area contributed by atoms with Gasteiger partial charge in [-0.2, -0.15) is 0 Å². The van der Waals surface area contributed by atoms with Gasteiger partial charge in [0.15, 0.2) is 0 Å². The second-order valence-electron chi connectivity index (χ2n) is 9.66. The molecule has 0 aliphatic heterocycles.